The maximum absolute atomic E-state index is 5.92. The molecule has 23 heavy (non-hydrogen) atoms. The third-order valence-electron chi connectivity index (χ3n) is 2.76. The molecule has 0 spiro atoms. The molecule has 1 N–H and O–H groups in total. The van der Waals surface area contributed by atoms with E-state index >= 15 is 0 Å². The molecule has 0 amide bonds. The van der Waals surface area contributed by atoms with Crippen LogP contribution in [0.4, 0.5) is 0 Å². The average Bonchev–Trinajstić information content (AvgIpc) is 2.53. The van der Waals surface area contributed by atoms with Crippen LogP contribution in [0, 0.1) is 0 Å². The van der Waals surface area contributed by atoms with Crippen LogP contribution in [-0.4, -0.2) is 24.9 Å². The van der Waals surface area contributed by atoms with Crippen LogP contribution in [-0.2, 0) is 4.74 Å². The Hall–Kier alpha value is -1.98. The van der Waals surface area contributed by atoms with E-state index in [-0.39, 0.29) is 0 Å². The van der Waals surface area contributed by atoms with Gasteiger partial charge in [-0.05, 0) is 61.6 Å². The summed E-state index contributed by atoms with van der Waals surface area (Å²) in [5.74, 6) is 2.14. The zero-order valence-corrected chi connectivity index (χ0v) is 14.3. The van der Waals surface area contributed by atoms with Crippen molar-refractivity contribution in [2.75, 3.05) is 19.8 Å². The average molecular weight is 352 g/mol. The summed E-state index contributed by atoms with van der Waals surface area (Å²) in [4.78, 5) is 0. The van der Waals surface area contributed by atoms with E-state index in [1.54, 1.807) is 12.1 Å². The summed E-state index contributed by atoms with van der Waals surface area (Å²) in [6.07, 6.45) is 0. The summed E-state index contributed by atoms with van der Waals surface area (Å²) in [6.45, 7) is 3.51. The number of hydrogen-bond acceptors (Lipinski definition) is 4. The summed E-state index contributed by atoms with van der Waals surface area (Å²) in [5, 5.41) is 3.93. The number of benzene rings is 2. The molecular weight excluding hydrogens is 334 g/mol. The van der Waals surface area contributed by atoms with Crippen molar-refractivity contribution in [3.05, 3.63) is 53.6 Å². The lowest BCUT2D eigenvalue weighted by molar-refractivity contribution is 0.207. The number of thiocarbonyl (C=S) groups is 1. The van der Waals surface area contributed by atoms with E-state index < -0.39 is 0 Å². The molecule has 0 unspecified atom stereocenters. The zero-order valence-electron chi connectivity index (χ0n) is 12.8. The van der Waals surface area contributed by atoms with E-state index in [1.165, 1.54) is 0 Å². The van der Waals surface area contributed by atoms with Crippen LogP contribution in [0.1, 0.15) is 6.92 Å². The molecule has 0 aliphatic rings. The number of ether oxygens (including phenoxy) is 3. The maximum atomic E-state index is 5.92. The standard InChI is InChI=1S/C17H18ClNO3S/c1-2-19-17(23)21-11-10-20-14-6-8-15(9-7-14)22-16-5-3-4-13(18)12-16/h3-9,12H,2,10-11H2,1H3,(H,19,23). The van der Waals surface area contributed by atoms with Gasteiger partial charge in [0.25, 0.3) is 5.17 Å². The summed E-state index contributed by atoms with van der Waals surface area (Å²) in [6, 6.07) is 14.6. The fourth-order valence-electron chi connectivity index (χ4n) is 1.76. The molecule has 122 valence electrons. The zero-order chi connectivity index (χ0) is 16.5. The minimum Gasteiger partial charge on any atom is -0.490 e. The molecule has 0 aliphatic carbocycles. The molecule has 0 saturated heterocycles. The fourth-order valence-corrected chi connectivity index (χ4v) is 2.17. The third-order valence-corrected chi connectivity index (χ3v) is 3.26. The first-order chi connectivity index (χ1) is 11.2. The Labute approximate surface area is 146 Å². The van der Waals surface area contributed by atoms with Gasteiger partial charge in [-0.2, -0.15) is 0 Å². The van der Waals surface area contributed by atoms with E-state index in [0.717, 1.165) is 12.3 Å². The molecule has 4 nitrogen and oxygen atoms in total. The van der Waals surface area contributed by atoms with Gasteiger partial charge in [0, 0.05) is 11.6 Å². The Morgan fingerprint density at radius 2 is 1.78 bits per heavy atom. The van der Waals surface area contributed by atoms with Crippen molar-refractivity contribution in [3.63, 3.8) is 0 Å². The predicted octanol–water partition coefficient (Wildman–Crippen LogP) is 4.42. The van der Waals surface area contributed by atoms with E-state index in [4.69, 9.17) is 38.0 Å². The first-order valence-corrected chi connectivity index (χ1v) is 8.03. The van der Waals surface area contributed by atoms with Crippen LogP contribution in [0.15, 0.2) is 48.5 Å². The largest absolute Gasteiger partial charge is 0.490 e. The fraction of sp³-hybridized carbons (Fsp3) is 0.235. The van der Waals surface area contributed by atoms with Crippen LogP contribution in [0.2, 0.25) is 5.02 Å². The Morgan fingerprint density at radius 3 is 2.48 bits per heavy atom. The van der Waals surface area contributed by atoms with E-state index in [9.17, 15) is 0 Å². The van der Waals surface area contributed by atoms with Crippen molar-refractivity contribution < 1.29 is 14.2 Å². The first-order valence-electron chi connectivity index (χ1n) is 7.24. The number of rotatable bonds is 7. The maximum Gasteiger partial charge on any atom is 0.256 e. The second-order valence-electron chi connectivity index (χ2n) is 4.55. The SMILES string of the molecule is CCNC(=S)OCCOc1ccc(Oc2cccc(Cl)c2)cc1. The van der Waals surface area contributed by atoms with Crippen molar-refractivity contribution in [1.82, 2.24) is 5.32 Å². The minimum atomic E-state index is 0.390. The molecule has 0 fully saturated rings. The van der Waals surface area contributed by atoms with E-state index in [0.29, 0.717) is 34.9 Å². The highest BCUT2D eigenvalue weighted by molar-refractivity contribution is 7.80. The lowest BCUT2D eigenvalue weighted by Crippen LogP contribution is -2.25. The molecule has 0 radical (unpaired) electrons. The first kappa shape index (κ1) is 17.4. The number of hydrogen-bond donors (Lipinski definition) is 1. The van der Waals surface area contributed by atoms with Gasteiger partial charge in [0.15, 0.2) is 0 Å². The molecule has 2 aromatic carbocycles. The monoisotopic (exact) mass is 351 g/mol. The van der Waals surface area contributed by atoms with Crippen LogP contribution in [0.25, 0.3) is 0 Å². The topological polar surface area (TPSA) is 39.7 Å². The van der Waals surface area contributed by atoms with Crippen molar-refractivity contribution in [2.45, 2.75) is 6.92 Å². The van der Waals surface area contributed by atoms with Gasteiger partial charge >= 0.3 is 0 Å². The number of halogens is 1. The van der Waals surface area contributed by atoms with Gasteiger partial charge < -0.3 is 19.5 Å². The molecule has 0 heterocycles. The number of nitrogens with one attached hydrogen (secondary N) is 1. The molecule has 0 aliphatic heterocycles. The molecule has 0 bridgehead atoms. The summed E-state index contributed by atoms with van der Waals surface area (Å²) in [7, 11) is 0. The van der Waals surface area contributed by atoms with Crippen molar-refractivity contribution >= 4 is 29.0 Å². The molecule has 0 aromatic heterocycles. The normalized spacial score (nSPS) is 10.0. The molecule has 0 atom stereocenters. The van der Waals surface area contributed by atoms with Gasteiger partial charge in [0.1, 0.15) is 30.5 Å². The highest BCUT2D eigenvalue weighted by atomic mass is 35.5. The highest BCUT2D eigenvalue weighted by Crippen LogP contribution is 2.25. The Bertz CT molecular complexity index is 634. The molecule has 6 heteroatoms. The van der Waals surface area contributed by atoms with E-state index in [2.05, 4.69) is 5.32 Å². The summed E-state index contributed by atoms with van der Waals surface area (Å²) in [5.41, 5.74) is 0. The minimum absolute atomic E-state index is 0.390. The molecule has 2 aromatic rings. The Kier molecular flexibility index (Phi) is 6.97. The quantitative estimate of drug-likeness (QED) is 0.590. The lowest BCUT2D eigenvalue weighted by atomic mass is 10.3. The van der Waals surface area contributed by atoms with Crippen LogP contribution in [0.3, 0.4) is 0 Å². The van der Waals surface area contributed by atoms with E-state index in [1.807, 2.05) is 43.3 Å². The second-order valence-corrected chi connectivity index (χ2v) is 5.35. The lowest BCUT2D eigenvalue weighted by Gasteiger charge is -2.10. The summed E-state index contributed by atoms with van der Waals surface area (Å²) >= 11 is 10.9. The third kappa shape index (κ3) is 6.34. The molecular formula is C17H18ClNO3S. The van der Waals surface area contributed by atoms with Crippen LogP contribution < -0.4 is 14.8 Å². The Balaban J connectivity index is 1.77. The smallest absolute Gasteiger partial charge is 0.256 e. The Morgan fingerprint density at radius 1 is 1.04 bits per heavy atom. The van der Waals surface area contributed by atoms with Crippen LogP contribution >= 0.6 is 23.8 Å². The molecule has 2 rings (SSSR count). The van der Waals surface area contributed by atoms with Crippen LogP contribution in [0.5, 0.6) is 17.2 Å². The predicted molar refractivity (Wildman–Crippen MR) is 95.7 cm³/mol. The highest BCUT2D eigenvalue weighted by Gasteiger charge is 2.00. The van der Waals surface area contributed by atoms with Gasteiger partial charge in [0.05, 0.1) is 0 Å². The van der Waals surface area contributed by atoms with Gasteiger partial charge in [0.2, 0.25) is 0 Å². The van der Waals surface area contributed by atoms with Gasteiger partial charge in [-0.1, -0.05) is 17.7 Å². The molecule has 0 saturated carbocycles. The summed E-state index contributed by atoms with van der Waals surface area (Å²) < 4.78 is 16.6. The van der Waals surface area contributed by atoms with Crippen molar-refractivity contribution in [2.24, 2.45) is 0 Å². The van der Waals surface area contributed by atoms with Crippen molar-refractivity contribution in [1.29, 1.82) is 0 Å². The van der Waals surface area contributed by atoms with Gasteiger partial charge in [-0.3, -0.25) is 0 Å². The van der Waals surface area contributed by atoms with Gasteiger partial charge in [-0.15, -0.1) is 0 Å². The van der Waals surface area contributed by atoms with Gasteiger partial charge in [-0.25, -0.2) is 0 Å². The second kappa shape index (κ2) is 9.22. The van der Waals surface area contributed by atoms with Crippen molar-refractivity contribution in [3.8, 4) is 17.2 Å².